The normalized spacial score (nSPS) is 17.2. The lowest BCUT2D eigenvalue weighted by atomic mass is 9.92. The molecular weight excluding hydrogens is 424 g/mol. The van der Waals surface area contributed by atoms with Crippen molar-refractivity contribution in [2.75, 3.05) is 40.1 Å². The number of aromatic amines is 1. The summed E-state index contributed by atoms with van der Waals surface area (Å²) >= 11 is 0. The van der Waals surface area contributed by atoms with Gasteiger partial charge in [-0.25, -0.2) is 12.7 Å². The molecule has 2 N–H and O–H groups in total. The molecule has 0 spiro atoms. The van der Waals surface area contributed by atoms with Gasteiger partial charge in [0.15, 0.2) is 0 Å². The first-order valence-electron chi connectivity index (χ1n) is 11.2. The van der Waals surface area contributed by atoms with Gasteiger partial charge >= 0.3 is 0 Å². The zero-order valence-electron chi connectivity index (χ0n) is 19.3. The molecule has 1 aliphatic carbocycles. The van der Waals surface area contributed by atoms with Crippen LogP contribution in [-0.4, -0.2) is 63.2 Å². The van der Waals surface area contributed by atoms with Crippen LogP contribution < -0.4 is 5.32 Å². The Labute approximate surface area is 190 Å². The Hall–Kier alpha value is -2.42. The van der Waals surface area contributed by atoms with E-state index in [0.29, 0.717) is 16.8 Å². The van der Waals surface area contributed by atoms with Gasteiger partial charge in [0.1, 0.15) is 0 Å². The van der Waals surface area contributed by atoms with Gasteiger partial charge in [0.25, 0.3) is 5.91 Å². The van der Waals surface area contributed by atoms with Crippen molar-refractivity contribution >= 4 is 33.3 Å². The molecule has 1 aliphatic heterocycles. The van der Waals surface area contributed by atoms with Crippen molar-refractivity contribution in [2.45, 2.75) is 43.4 Å². The molecule has 7 nitrogen and oxygen atoms in total. The minimum Gasteiger partial charge on any atom is -0.358 e. The van der Waals surface area contributed by atoms with Gasteiger partial charge in [0.05, 0.1) is 10.5 Å². The van der Waals surface area contributed by atoms with Crippen molar-refractivity contribution in [1.82, 2.24) is 14.2 Å². The number of carbonyl (C=O) groups excluding carboxylic acids is 1. The maximum absolute atomic E-state index is 12.8. The van der Waals surface area contributed by atoms with E-state index in [0.717, 1.165) is 37.9 Å². The van der Waals surface area contributed by atoms with Gasteiger partial charge in [-0.3, -0.25) is 4.79 Å². The number of nitrogens with zero attached hydrogens (tertiary/aromatic N) is 2. The maximum Gasteiger partial charge on any atom is 0.256 e. The fraction of sp³-hybridized carbons (Fsp3) is 0.458. The minimum absolute atomic E-state index is 0.181. The van der Waals surface area contributed by atoms with Crippen LogP contribution in [-0.2, 0) is 34.1 Å². The van der Waals surface area contributed by atoms with Crippen LogP contribution in [0, 0.1) is 0 Å². The van der Waals surface area contributed by atoms with E-state index >= 15 is 0 Å². The molecule has 0 saturated heterocycles. The molecule has 0 atom stereocenters. The van der Waals surface area contributed by atoms with Crippen LogP contribution in [0.3, 0.4) is 0 Å². The summed E-state index contributed by atoms with van der Waals surface area (Å²) in [6.45, 7) is 1.00. The number of hydrogen-bond donors (Lipinski definition) is 2. The van der Waals surface area contributed by atoms with Crippen LogP contribution in [0.5, 0.6) is 0 Å². The molecule has 2 aliphatic rings. The second-order valence-electron chi connectivity index (χ2n) is 9.10. The monoisotopic (exact) mass is 456 g/mol. The summed E-state index contributed by atoms with van der Waals surface area (Å²) in [4.78, 5) is 18.8. The van der Waals surface area contributed by atoms with Crippen LogP contribution in [0.4, 0.5) is 5.69 Å². The predicted molar refractivity (Wildman–Crippen MR) is 128 cm³/mol. The quantitative estimate of drug-likeness (QED) is 0.627. The van der Waals surface area contributed by atoms with Crippen molar-refractivity contribution in [1.29, 1.82) is 0 Å². The van der Waals surface area contributed by atoms with Crippen molar-refractivity contribution in [3.05, 3.63) is 46.3 Å². The summed E-state index contributed by atoms with van der Waals surface area (Å²) in [5.74, 6) is -0.203. The number of H-pyrrole nitrogens is 1. The Bertz CT molecular complexity index is 1180. The number of carbonyl (C=O) groups is 1. The average Bonchev–Trinajstić information content (AvgIpc) is 3.24. The van der Waals surface area contributed by atoms with E-state index in [1.165, 1.54) is 54.1 Å². The summed E-state index contributed by atoms with van der Waals surface area (Å²) in [6.07, 6.45) is 8.38. The predicted octanol–water partition coefficient (Wildman–Crippen LogP) is 3.13. The Morgan fingerprint density at radius 3 is 2.56 bits per heavy atom. The van der Waals surface area contributed by atoms with E-state index in [-0.39, 0.29) is 10.8 Å². The summed E-state index contributed by atoms with van der Waals surface area (Å²) in [7, 11) is 3.58. The number of anilines is 1. The summed E-state index contributed by atoms with van der Waals surface area (Å²) < 4.78 is 26.4. The molecule has 0 saturated carbocycles. The average molecular weight is 457 g/mol. The van der Waals surface area contributed by atoms with Gasteiger partial charge in [-0.15, -0.1) is 0 Å². The molecule has 0 unspecified atom stereocenters. The summed E-state index contributed by atoms with van der Waals surface area (Å²) in [5.41, 5.74) is 6.74. The number of hydrogen-bond acceptors (Lipinski definition) is 4. The third-order valence-electron chi connectivity index (χ3n) is 6.32. The molecule has 172 valence electrons. The topological polar surface area (TPSA) is 85.5 Å². The van der Waals surface area contributed by atoms with Gasteiger partial charge in [-0.1, -0.05) is 0 Å². The number of benzene rings is 1. The lowest BCUT2D eigenvalue weighted by Crippen LogP contribution is -2.22. The summed E-state index contributed by atoms with van der Waals surface area (Å²) in [6, 6.07) is 4.81. The van der Waals surface area contributed by atoms with E-state index in [1.807, 2.05) is 6.08 Å². The molecule has 1 aromatic carbocycles. The molecule has 4 rings (SSSR count). The van der Waals surface area contributed by atoms with Gasteiger partial charge in [-0.05, 0) is 94.6 Å². The van der Waals surface area contributed by atoms with Gasteiger partial charge < -0.3 is 15.2 Å². The van der Waals surface area contributed by atoms with Gasteiger partial charge in [0, 0.05) is 36.7 Å². The standard InChI is InChI=1S/C24H32N4O3S/c1-27(2)13-7-9-18-17-8-5-6-10-21(17)25-23(18)15-20-19-14-16(32(30,31)28(3)4)11-12-22(19)26-24(20)29/h11-12,14-15,25H,5-10,13H2,1-4H3,(H,26,29)/b20-15-. The molecule has 2 heterocycles. The Kier molecular flexibility index (Phi) is 6.29. The Morgan fingerprint density at radius 2 is 1.84 bits per heavy atom. The van der Waals surface area contributed by atoms with Crippen molar-refractivity contribution in [2.24, 2.45) is 0 Å². The molecule has 0 radical (unpaired) electrons. The maximum atomic E-state index is 12.8. The zero-order valence-corrected chi connectivity index (χ0v) is 20.1. The highest BCUT2D eigenvalue weighted by Crippen LogP contribution is 2.37. The number of aromatic nitrogens is 1. The lowest BCUT2D eigenvalue weighted by molar-refractivity contribution is -0.110. The van der Waals surface area contributed by atoms with Crippen LogP contribution in [0.1, 0.15) is 47.3 Å². The van der Waals surface area contributed by atoms with E-state index in [9.17, 15) is 13.2 Å². The van der Waals surface area contributed by atoms with Crippen LogP contribution in [0.2, 0.25) is 0 Å². The minimum atomic E-state index is -3.59. The number of sulfonamides is 1. The van der Waals surface area contributed by atoms with Crippen LogP contribution in [0.25, 0.3) is 11.6 Å². The SMILES string of the molecule is CN(C)CCCc1c(/C=C2\C(=O)Nc3ccc(S(=O)(=O)N(C)C)cc32)[nH]c2c1CCCC2. The smallest absolute Gasteiger partial charge is 0.256 e. The van der Waals surface area contributed by atoms with Gasteiger partial charge in [0.2, 0.25) is 10.0 Å². The molecule has 8 heteroatoms. The number of amides is 1. The zero-order chi connectivity index (χ0) is 23.0. The molecular formula is C24H32N4O3S. The Morgan fingerprint density at radius 1 is 1.09 bits per heavy atom. The number of nitrogens with one attached hydrogen (secondary N) is 2. The Balaban J connectivity index is 1.77. The molecule has 1 aromatic heterocycles. The second-order valence-corrected chi connectivity index (χ2v) is 11.2. The molecule has 32 heavy (non-hydrogen) atoms. The van der Waals surface area contributed by atoms with E-state index in [1.54, 1.807) is 12.1 Å². The number of aryl methyl sites for hydroxylation is 1. The van der Waals surface area contributed by atoms with E-state index in [2.05, 4.69) is 29.3 Å². The molecule has 1 amide bonds. The third kappa shape index (κ3) is 4.27. The lowest BCUT2D eigenvalue weighted by Gasteiger charge is -2.14. The van der Waals surface area contributed by atoms with Crippen molar-refractivity contribution < 1.29 is 13.2 Å². The largest absolute Gasteiger partial charge is 0.358 e. The first-order chi connectivity index (χ1) is 15.2. The first-order valence-corrected chi connectivity index (χ1v) is 12.6. The van der Waals surface area contributed by atoms with Crippen LogP contribution in [0.15, 0.2) is 23.1 Å². The number of rotatable bonds is 7. The molecule has 2 aromatic rings. The third-order valence-corrected chi connectivity index (χ3v) is 8.13. The second kappa shape index (κ2) is 8.84. The fourth-order valence-corrected chi connectivity index (χ4v) is 5.51. The fourth-order valence-electron chi connectivity index (χ4n) is 4.58. The molecule has 0 bridgehead atoms. The number of fused-ring (bicyclic) bond motifs is 2. The van der Waals surface area contributed by atoms with Crippen molar-refractivity contribution in [3.8, 4) is 0 Å². The summed E-state index contributed by atoms with van der Waals surface area (Å²) in [5, 5.41) is 2.88. The molecule has 0 fully saturated rings. The highest BCUT2D eigenvalue weighted by molar-refractivity contribution is 7.89. The van der Waals surface area contributed by atoms with Crippen LogP contribution >= 0.6 is 0 Å². The highest BCUT2D eigenvalue weighted by Gasteiger charge is 2.28. The van der Waals surface area contributed by atoms with Gasteiger partial charge in [-0.2, -0.15) is 0 Å². The van der Waals surface area contributed by atoms with Crippen molar-refractivity contribution in [3.63, 3.8) is 0 Å². The highest BCUT2D eigenvalue weighted by atomic mass is 32.2. The van der Waals surface area contributed by atoms with E-state index < -0.39 is 10.0 Å². The first kappa shape index (κ1) is 22.8. The van der Waals surface area contributed by atoms with E-state index in [4.69, 9.17) is 0 Å².